The number of hydrogen-bond acceptors (Lipinski definition) is 8. The molecule has 1 aromatic heterocycles. The Morgan fingerprint density at radius 2 is 1.45 bits per heavy atom. The lowest BCUT2D eigenvalue weighted by atomic mass is 9.99. The molecule has 0 amide bonds. The lowest BCUT2D eigenvalue weighted by molar-refractivity contribution is -0.241. The Bertz CT molecular complexity index is 586. The number of nitrogens with zero attached hydrogens (tertiary/aromatic N) is 2. The van der Waals surface area contributed by atoms with E-state index in [1.54, 1.807) is 6.92 Å². The van der Waals surface area contributed by atoms with Crippen molar-refractivity contribution in [2.45, 2.75) is 76.9 Å². The SMILES string of the molecule is Cc1nnc([C@H]2O[C@@H]3OC(C)(C)O[C@@H]3[C@H]3OC(C)(C)O[C@H]32)o1. The molecule has 3 saturated heterocycles. The van der Waals surface area contributed by atoms with Crippen molar-refractivity contribution < 1.29 is 28.1 Å². The van der Waals surface area contributed by atoms with Gasteiger partial charge in [0.1, 0.15) is 18.3 Å². The molecular weight excluding hydrogens is 292 g/mol. The van der Waals surface area contributed by atoms with Gasteiger partial charge in [0.05, 0.1) is 0 Å². The maximum absolute atomic E-state index is 6.02. The van der Waals surface area contributed by atoms with Crippen LogP contribution in [-0.2, 0) is 23.7 Å². The van der Waals surface area contributed by atoms with E-state index < -0.39 is 30.1 Å². The maximum Gasteiger partial charge on any atom is 0.248 e. The highest BCUT2D eigenvalue weighted by atomic mass is 16.9. The molecule has 0 aliphatic carbocycles. The topological polar surface area (TPSA) is 85.1 Å². The lowest BCUT2D eigenvalue weighted by Gasteiger charge is -2.35. The van der Waals surface area contributed by atoms with Gasteiger partial charge in [-0.15, -0.1) is 10.2 Å². The van der Waals surface area contributed by atoms with Gasteiger partial charge >= 0.3 is 0 Å². The molecule has 0 aromatic carbocycles. The smallest absolute Gasteiger partial charge is 0.248 e. The van der Waals surface area contributed by atoms with Crippen LogP contribution >= 0.6 is 0 Å². The largest absolute Gasteiger partial charge is 0.423 e. The molecule has 22 heavy (non-hydrogen) atoms. The first-order valence-electron chi connectivity index (χ1n) is 7.41. The average molecular weight is 312 g/mol. The molecule has 0 N–H and O–H groups in total. The van der Waals surface area contributed by atoms with E-state index in [1.165, 1.54) is 0 Å². The third kappa shape index (κ3) is 2.26. The summed E-state index contributed by atoms with van der Waals surface area (Å²) < 4.78 is 35.3. The van der Waals surface area contributed by atoms with E-state index in [4.69, 9.17) is 28.1 Å². The lowest BCUT2D eigenvalue weighted by Crippen LogP contribution is -2.51. The van der Waals surface area contributed by atoms with Crippen LogP contribution in [0.15, 0.2) is 4.42 Å². The second-order valence-electron chi connectivity index (χ2n) is 6.75. The zero-order valence-corrected chi connectivity index (χ0v) is 13.2. The molecule has 122 valence electrons. The van der Waals surface area contributed by atoms with Gasteiger partial charge < -0.3 is 28.1 Å². The Balaban J connectivity index is 1.69. The summed E-state index contributed by atoms with van der Waals surface area (Å²) in [7, 11) is 0. The zero-order valence-electron chi connectivity index (χ0n) is 13.2. The number of aryl methyl sites for hydroxylation is 1. The van der Waals surface area contributed by atoms with Crippen molar-refractivity contribution >= 4 is 0 Å². The van der Waals surface area contributed by atoms with Gasteiger partial charge in [-0.1, -0.05) is 0 Å². The van der Waals surface area contributed by atoms with Crippen LogP contribution in [0.5, 0.6) is 0 Å². The van der Waals surface area contributed by atoms with Crippen LogP contribution < -0.4 is 0 Å². The summed E-state index contributed by atoms with van der Waals surface area (Å²) in [6, 6.07) is 0. The van der Waals surface area contributed by atoms with Crippen LogP contribution in [0.1, 0.15) is 45.6 Å². The van der Waals surface area contributed by atoms with Crippen molar-refractivity contribution in [2.24, 2.45) is 0 Å². The molecule has 4 heterocycles. The van der Waals surface area contributed by atoms with Crippen molar-refractivity contribution in [3.05, 3.63) is 11.8 Å². The van der Waals surface area contributed by atoms with Gasteiger partial charge in [0.25, 0.3) is 0 Å². The first-order chi connectivity index (χ1) is 10.2. The summed E-state index contributed by atoms with van der Waals surface area (Å²) in [5.41, 5.74) is 0. The quantitative estimate of drug-likeness (QED) is 0.770. The summed E-state index contributed by atoms with van der Waals surface area (Å²) >= 11 is 0. The molecule has 4 rings (SSSR count). The van der Waals surface area contributed by atoms with Crippen molar-refractivity contribution in [3.63, 3.8) is 0 Å². The maximum atomic E-state index is 6.02. The molecule has 8 nitrogen and oxygen atoms in total. The van der Waals surface area contributed by atoms with Crippen molar-refractivity contribution in [1.29, 1.82) is 0 Å². The summed E-state index contributed by atoms with van der Waals surface area (Å²) in [6.45, 7) is 9.13. The molecule has 3 aliphatic rings. The predicted molar refractivity (Wildman–Crippen MR) is 70.5 cm³/mol. The first kappa shape index (κ1) is 14.5. The average Bonchev–Trinajstić information content (AvgIpc) is 3.02. The van der Waals surface area contributed by atoms with Crippen LogP contribution in [0, 0.1) is 6.92 Å². The third-order valence-corrected chi connectivity index (χ3v) is 3.94. The van der Waals surface area contributed by atoms with Crippen molar-refractivity contribution in [1.82, 2.24) is 10.2 Å². The number of hydrogen-bond donors (Lipinski definition) is 0. The second kappa shape index (κ2) is 4.48. The van der Waals surface area contributed by atoms with Gasteiger partial charge in [0, 0.05) is 6.92 Å². The van der Waals surface area contributed by atoms with Crippen LogP contribution in [0.25, 0.3) is 0 Å². The molecule has 0 unspecified atom stereocenters. The molecule has 0 saturated carbocycles. The summed E-state index contributed by atoms with van der Waals surface area (Å²) in [5.74, 6) is -0.646. The number of rotatable bonds is 1. The standard InChI is InChI=1S/C14H20N2O6/c1-6-15-16-11(17-6)9-7-8(20-13(2,3)19-7)10-12(18-9)22-14(4,5)21-10/h7-10,12H,1-5H3/t7-,8+,9+,10-,12-/m1/s1. The van der Waals surface area contributed by atoms with E-state index in [2.05, 4.69) is 10.2 Å². The number of fused-ring (bicyclic) bond motifs is 3. The summed E-state index contributed by atoms with van der Waals surface area (Å²) in [4.78, 5) is 0. The van der Waals surface area contributed by atoms with Crippen molar-refractivity contribution in [2.75, 3.05) is 0 Å². The predicted octanol–water partition coefficient (Wildman–Crippen LogP) is 1.45. The number of aromatic nitrogens is 2. The van der Waals surface area contributed by atoms with Crippen LogP contribution in [0.3, 0.4) is 0 Å². The Morgan fingerprint density at radius 3 is 2.14 bits per heavy atom. The van der Waals surface area contributed by atoms with E-state index in [-0.39, 0.29) is 12.2 Å². The fraction of sp³-hybridized carbons (Fsp3) is 0.857. The van der Waals surface area contributed by atoms with E-state index in [1.807, 2.05) is 27.7 Å². The first-order valence-corrected chi connectivity index (χ1v) is 7.41. The molecule has 0 radical (unpaired) electrons. The minimum Gasteiger partial charge on any atom is -0.423 e. The van der Waals surface area contributed by atoms with E-state index in [0.29, 0.717) is 11.8 Å². The molecule has 5 atom stereocenters. The van der Waals surface area contributed by atoms with Gasteiger partial charge in [-0.3, -0.25) is 0 Å². The fourth-order valence-electron chi connectivity index (χ4n) is 3.24. The van der Waals surface area contributed by atoms with E-state index in [9.17, 15) is 0 Å². The minimum atomic E-state index is -0.740. The van der Waals surface area contributed by atoms with Gasteiger partial charge in [-0.2, -0.15) is 0 Å². The van der Waals surface area contributed by atoms with E-state index in [0.717, 1.165) is 0 Å². The minimum absolute atomic E-state index is 0.326. The Kier molecular flexibility index (Phi) is 2.96. The highest BCUT2D eigenvalue weighted by Crippen LogP contribution is 2.48. The molecule has 3 aliphatic heterocycles. The fourth-order valence-corrected chi connectivity index (χ4v) is 3.24. The van der Waals surface area contributed by atoms with Crippen molar-refractivity contribution in [3.8, 4) is 0 Å². The molecule has 1 aromatic rings. The highest BCUT2D eigenvalue weighted by molar-refractivity contribution is 5.04. The highest BCUT2D eigenvalue weighted by Gasteiger charge is 2.61. The Labute approximate surface area is 128 Å². The molecule has 0 spiro atoms. The molecule has 8 heteroatoms. The van der Waals surface area contributed by atoms with Crippen LogP contribution in [-0.4, -0.2) is 46.4 Å². The van der Waals surface area contributed by atoms with Crippen LogP contribution in [0.2, 0.25) is 0 Å². The normalized spacial score (nSPS) is 42.1. The molecule has 0 bridgehead atoms. The second-order valence-corrected chi connectivity index (χ2v) is 6.75. The molecular formula is C14H20N2O6. The Morgan fingerprint density at radius 1 is 0.818 bits per heavy atom. The van der Waals surface area contributed by atoms with Gasteiger partial charge in [0.15, 0.2) is 24.0 Å². The van der Waals surface area contributed by atoms with E-state index >= 15 is 0 Å². The zero-order chi connectivity index (χ0) is 15.7. The van der Waals surface area contributed by atoms with Gasteiger partial charge in [0.2, 0.25) is 11.8 Å². The summed E-state index contributed by atoms with van der Waals surface area (Å²) in [6.07, 6.45) is -2.19. The number of ether oxygens (including phenoxy) is 5. The summed E-state index contributed by atoms with van der Waals surface area (Å²) in [5, 5.41) is 7.92. The Hall–Kier alpha value is -1.06. The molecule has 3 fully saturated rings. The van der Waals surface area contributed by atoms with Gasteiger partial charge in [-0.25, -0.2) is 0 Å². The van der Waals surface area contributed by atoms with Gasteiger partial charge in [-0.05, 0) is 27.7 Å². The third-order valence-electron chi connectivity index (χ3n) is 3.94. The van der Waals surface area contributed by atoms with Crippen LogP contribution in [0.4, 0.5) is 0 Å². The monoisotopic (exact) mass is 312 g/mol.